The van der Waals surface area contributed by atoms with Gasteiger partial charge in [-0.05, 0) is 60.9 Å². The highest BCUT2D eigenvalue weighted by atomic mass is 32.2. The van der Waals surface area contributed by atoms with E-state index in [2.05, 4.69) is 23.5 Å². The molecule has 0 amide bonds. The Kier molecular flexibility index (Phi) is 6.74. The van der Waals surface area contributed by atoms with Crippen molar-refractivity contribution in [3.8, 4) is 23.0 Å². The van der Waals surface area contributed by atoms with E-state index in [0.717, 1.165) is 33.4 Å². The monoisotopic (exact) mass is 451 g/mol. The summed E-state index contributed by atoms with van der Waals surface area (Å²) in [5, 5.41) is 0. The van der Waals surface area contributed by atoms with Gasteiger partial charge in [-0.15, -0.1) is 0 Å². The highest BCUT2D eigenvalue weighted by Crippen LogP contribution is 2.27. The summed E-state index contributed by atoms with van der Waals surface area (Å²) < 4.78 is 28.3. The first-order valence-electron chi connectivity index (χ1n) is 10.7. The van der Waals surface area contributed by atoms with E-state index >= 15 is 0 Å². The van der Waals surface area contributed by atoms with Crippen LogP contribution in [0.5, 0.6) is 0 Å². The van der Waals surface area contributed by atoms with E-state index < -0.39 is 10.0 Å². The van der Waals surface area contributed by atoms with Gasteiger partial charge in [-0.3, -0.25) is 0 Å². The fourth-order valence-corrected chi connectivity index (χ4v) is 4.52. The minimum absolute atomic E-state index is 0.187. The lowest BCUT2D eigenvalue weighted by Gasteiger charge is -2.13. The molecule has 4 heteroatoms. The van der Waals surface area contributed by atoms with Gasteiger partial charge in [0.15, 0.2) is 0 Å². The molecule has 4 aromatic carbocycles. The first-order chi connectivity index (χ1) is 15.9. The van der Waals surface area contributed by atoms with Crippen molar-refractivity contribution in [2.24, 2.45) is 0 Å². The highest BCUT2D eigenvalue weighted by Gasteiger charge is 2.15. The average Bonchev–Trinajstić information content (AvgIpc) is 2.83. The second-order valence-corrected chi connectivity index (χ2v) is 9.72. The summed E-state index contributed by atoms with van der Waals surface area (Å²) in [4.78, 5) is 0.259. The second-order valence-electron chi connectivity index (χ2n) is 7.96. The van der Waals surface area contributed by atoms with Gasteiger partial charge in [-0.25, -0.2) is 13.1 Å². The predicted molar refractivity (Wildman–Crippen MR) is 134 cm³/mol. The van der Waals surface area contributed by atoms with E-state index in [4.69, 9.17) is 0 Å². The van der Waals surface area contributed by atoms with Crippen LogP contribution in [-0.4, -0.2) is 8.42 Å². The zero-order valence-corrected chi connectivity index (χ0v) is 19.5. The van der Waals surface area contributed by atoms with Gasteiger partial charge in [0.25, 0.3) is 0 Å². The van der Waals surface area contributed by atoms with Crippen molar-refractivity contribution < 1.29 is 8.42 Å². The van der Waals surface area contributed by atoms with E-state index in [9.17, 15) is 8.42 Å². The molecule has 4 aromatic rings. The van der Waals surface area contributed by atoms with Crippen LogP contribution in [0.1, 0.15) is 27.8 Å². The topological polar surface area (TPSA) is 46.2 Å². The van der Waals surface area contributed by atoms with Crippen molar-refractivity contribution >= 4 is 10.0 Å². The van der Waals surface area contributed by atoms with E-state index in [0.29, 0.717) is 0 Å². The summed E-state index contributed by atoms with van der Waals surface area (Å²) in [7, 11) is -3.61. The molecular weight excluding hydrogens is 426 g/mol. The van der Waals surface area contributed by atoms with Gasteiger partial charge in [0.05, 0.1) is 4.90 Å². The summed E-state index contributed by atoms with van der Waals surface area (Å²) in [6, 6.07) is 30.7. The fraction of sp³-hybridized carbons (Fsp3) is 0.103. The molecule has 0 radical (unpaired) electrons. The molecule has 0 spiro atoms. The molecule has 4 rings (SSSR count). The Morgan fingerprint density at radius 3 is 1.94 bits per heavy atom. The number of hydrogen-bond acceptors (Lipinski definition) is 2. The lowest BCUT2D eigenvalue weighted by Crippen LogP contribution is -2.23. The third-order valence-corrected chi connectivity index (χ3v) is 6.83. The van der Waals surface area contributed by atoms with Crippen molar-refractivity contribution in [1.82, 2.24) is 4.72 Å². The standard InChI is InChI=1S/C29H25NO2S/c1-22-11-15-24(16-12-22)17-18-25-7-3-5-9-28(25)29-10-6-4-8-26(29)21-30-33(31,32)27-19-13-23(2)14-20-27/h3-16,19-20,30H,21H2,1-2H3. The van der Waals surface area contributed by atoms with Crippen LogP contribution < -0.4 is 4.72 Å². The molecule has 0 aromatic heterocycles. The zero-order chi connectivity index (χ0) is 23.3. The van der Waals surface area contributed by atoms with Crippen LogP contribution in [0.4, 0.5) is 0 Å². The van der Waals surface area contributed by atoms with E-state index in [-0.39, 0.29) is 11.4 Å². The van der Waals surface area contributed by atoms with Gasteiger partial charge < -0.3 is 0 Å². The molecule has 0 aliphatic rings. The molecular formula is C29H25NO2S. The summed E-state index contributed by atoms with van der Waals surface area (Å²) in [6.07, 6.45) is 0. The first-order valence-corrected chi connectivity index (χ1v) is 12.2. The van der Waals surface area contributed by atoms with Gasteiger partial charge in [0.1, 0.15) is 0 Å². The Morgan fingerprint density at radius 1 is 0.667 bits per heavy atom. The SMILES string of the molecule is Cc1ccc(C#Cc2ccccc2-c2ccccc2CNS(=O)(=O)c2ccc(C)cc2)cc1. The molecule has 33 heavy (non-hydrogen) atoms. The summed E-state index contributed by atoms with van der Waals surface area (Å²) in [6.45, 7) is 4.17. The Morgan fingerprint density at radius 2 is 1.24 bits per heavy atom. The number of nitrogens with one attached hydrogen (secondary N) is 1. The molecule has 0 bridgehead atoms. The number of hydrogen-bond donors (Lipinski definition) is 1. The van der Waals surface area contributed by atoms with Gasteiger partial charge in [0.2, 0.25) is 10.0 Å². The molecule has 0 aliphatic heterocycles. The van der Waals surface area contributed by atoms with Crippen LogP contribution in [0.15, 0.2) is 102 Å². The van der Waals surface area contributed by atoms with Crippen LogP contribution in [0, 0.1) is 25.7 Å². The number of aryl methyl sites for hydroxylation is 2. The molecule has 0 fully saturated rings. The smallest absolute Gasteiger partial charge is 0.207 e. The molecule has 0 aliphatic carbocycles. The first kappa shape index (κ1) is 22.5. The quantitative estimate of drug-likeness (QED) is 0.387. The van der Waals surface area contributed by atoms with E-state index in [1.807, 2.05) is 79.7 Å². The van der Waals surface area contributed by atoms with Crippen LogP contribution in [-0.2, 0) is 16.6 Å². The second kappa shape index (κ2) is 9.87. The number of benzene rings is 4. The Balaban J connectivity index is 1.63. The van der Waals surface area contributed by atoms with Crippen LogP contribution in [0.2, 0.25) is 0 Å². The zero-order valence-electron chi connectivity index (χ0n) is 18.7. The Bertz CT molecular complexity index is 1430. The largest absolute Gasteiger partial charge is 0.240 e. The number of rotatable bonds is 5. The average molecular weight is 452 g/mol. The Labute approximate surface area is 196 Å². The summed E-state index contributed by atoms with van der Waals surface area (Å²) >= 11 is 0. The van der Waals surface area contributed by atoms with Gasteiger partial charge in [0, 0.05) is 17.7 Å². The van der Waals surface area contributed by atoms with Crippen LogP contribution in [0.25, 0.3) is 11.1 Å². The van der Waals surface area contributed by atoms with Gasteiger partial charge in [-0.1, -0.05) is 89.7 Å². The van der Waals surface area contributed by atoms with Crippen molar-refractivity contribution in [2.75, 3.05) is 0 Å². The highest BCUT2D eigenvalue weighted by molar-refractivity contribution is 7.89. The third-order valence-electron chi connectivity index (χ3n) is 5.41. The fourth-order valence-electron chi connectivity index (χ4n) is 3.51. The number of sulfonamides is 1. The molecule has 164 valence electrons. The maximum Gasteiger partial charge on any atom is 0.240 e. The van der Waals surface area contributed by atoms with E-state index in [1.54, 1.807) is 24.3 Å². The third kappa shape index (κ3) is 5.59. The maximum atomic E-state index is 12.8. The minimum atomic E-state index is -3.61. The normalized spacial score (nSPS) is 11.0. The van der Waals surface area contributed by atoms with Gasteiger partial charge in [-0.2, -0.15) is 0 Å². The molecule has 0 atom stereocenters. The van der Waals surface area contributed by atoms with Crippen molar-refractivity contribution in [2.45, 2.75) is 25.3 Å². The van der Waals surface area contributed by atoms with Crippen molar-refractivity contribution in [3.63, 3.8) is 0 Å². The lowest BCUT2D eigenvalue weighted by atomic mass is 9.95. The maximum absolute atomic E-state index is 12.8. The minimum Gasteiger partial charge on any atom is -0.207 e. The van der Waals surface area contributed by atoms with E-state index in [1.165, 1.54) is 5.56 Å². The molecule has 0 saturated carbocycles. The van der Waals surface area contributed by atoms with Crippen molar-refractivity contribution in [1.29, 1.82) is 0 Å². The molecule has 3 nitrogen and oxygen atoms in total. The van der Waals surface area contributed by atoms with Crippen molar-refractivity contribution in [3.05, 3.63) is 125 Å². The molecule has 0 unspecified atom stereocenters. The lowest BCUT2D eigenvalue weighted by molar-refractivity contribution is 0.581. The molecule has 0 saturated heterocycles. The summed E-state index contributed by atoms with van der Waals surface area (Å²) in [5.74, 6) is 6.53. The Hall–Kier alpha value is -3.65. The van der Waals surface area contributed by atoms with Gasteiger partial charge >= 0.3 is 0 Å². The van der Waals surface area contributed by atoms with Crippen LogP contribution >= 0.6 is 0 Å². The van der Waals surface area contributed by atoms with Crippen LogP contribution in [0.3, 0.4) is 0 Å². The molecule has 1 N–H and O–H groups in total. The predicted octanol–water partition coefficient (Wildman–Crippen LogP) is 5.85. The molecule has 0 heterocycles. The summed E-state index contributed by atoms with van der Waals surface area (Å²) in [5.41, 5.74) is 6.88.